The van der Waals surface area contributed by atoms with Crippen LogP contribution in [0.2, 0.25) is 0 Å². The Balaban J connectivity index is 1.60. The number of benzene rings is 2. The summed E-state index contributed by atoms with van der Waals surface area (Å²) in [5.41, 5.74) is 1.42. The number of amides is 2. The second kappa shape index (κ2) is 10.5. The van der Waals surface area contributed by atoms with Gasteiger partial charge in [0.25, 0.3) is 11.8 Å². The van der Waals surface area contributed by atoms with E-state index in [1.165, 1.54) is 4.90 Å². The third-order valence-electron chi connectivity index (χ3n) is 5.77. The molecule has 4 rings (SSSR count). The molecule has 0 aliphatic carbocycles. The summed E-state index contributed by atoms with van der Waals surface area (Å²) in [6.45, 7) is 3.49. The molecule has 9 heteroatoms. The number of rotatable bonds is 10. The van der Waals surface area contributed by atoms with Crippen molar-refractivity contribution in [3.63, 3.8) is 0 Å². The van der Waals surface area contributed by atoms with Gasteiger partial charge < -0.3 is 34.3 Å². The van der Waals surface area contributed by atoms with Gasteiger partial charge in [0.2, 0.25) is 6.79 Å². The number of methoxy groups -OCH3 is 1. The highest BCUT2D eigenvalue weighted by atomic mass is 16.7. The summed E-state index contributed by atoms with van der Waals surface area (Å²) in [6, 6.07) is 11.7. The van der Waals surface area contributed by atoms with Crippen molar-refractivity contribution in [1.29, 1.82) is 0 Å². The molecule has 2 aliphatic heterocycles. The molecule has 2 N–H and O–H groups in total. The Morgan fingerprint density at radius 1 is 1.21 bits per heavy atom. The summed E-state index contributed by atoms with van der Waals surface area (Å²) in [5.74, 6) is 0.00172. The van der Waals surface area contributed by atoms with Crippen molar-refractivity contribution >= 4 is 11.8 Å². The summed E-state index contributed by atoms with van der Waals surface area (Å²) in [4.78, 5) is 27.8. The summed E-state index contributed by atoms with van der Waals surface area (Å²) in [6.07, 6.45) is 0.552. The van der Waals surface area contributed by atoms with Crippen molar-refractivity contribution in [3.05, 3.63) is 64.9 Å². The smallest absolute Gasteiger partial charge is 0.290 e. The molecule has 2 aromatic carbocycles. The Kier molecular flexibility index (Phi) is 7.22. The lowest BCUT2D eigenvalue weighted by Gasteiger charge is -2.27. The average molecular weight is 469 g/mol. The fourth-order valence-corrected chi connectivity index (χ4v) is 4.11. The minimum atomic E-state index is -0.818. The van der Waals surface area contributed by atoms with E-state index in [1.54, 1.807) is 37.4 Å². The van der Waals surface area contributed by atoms with Gasteiger partial charge in [-0.1, -0.05) is 24.3 Å². The van der Waals surface area contributed by atoms with Gasteiger partial charge in [-0.25, -0.2) is 0 Å². The summed E-state index contributed by atoms with van der Waals surface area (Å²) in [5, 5.41) is 13.6. The topological polar surface area (TPSA) is 107 Å². The Morgan fingerprint density at radius 3 is 2.74 bits per heavy atom. The van der Waals surface area contributed by atoms with Crippen molar-refractivity contribution in [2.24, 2.45) is 0 Å². The third-order valence-corrected chi connectivity index (χ3v) is 5.77. The van der Waals surface area contributed by atoms with Gasteiger partial charge in [0.05, 0.1) is 18.7 Å². The monoisotopic (exact) mass is 468 g/mol. The molecule has 1 atom stereocenters. The fourth-order valence-electron chi connectivity index (χ4n) is 4.11. The van der Waals surface area contributed by atoms with Gasteiger partial charge in [0.15, 0.2) is 17.3 Å². The molecule has 2 heterocycles. The SMILES string of the molecule is CCOCCCN1C(=O)C(O)=C(C(=O)NCc2ccc(OC)cc2)C1c1cccc2c1OCO2. The zero-order valence-corrected chi connectivity index (χ0v) is 19.2. The van der Waals surface area contributed by atoms with Crippen LogP contribution in [0.4, 0.5) is 0 Å². The number of carbonyl (C=O) groups is 2. The number of hydrogen-bond donors (Lipinski definition) is 2. The van der Waals surface area contributed by atoms with Crippen LogP contribution < -0.4 is 19.5 Å². The minimum Gasteiger partial charge on any atom is -0.503 e. The second-order valence-corrected chi connectivity index (χ2v) is 7.83. The van der Waals surface area contributed by atoms with E-state index in [0.29, 0.717) is 49.0 Å². The van der Waals surface area contributed by atoms with E-state index in [-0.39, 0.29) is 18.9 Å². The number of aliphatic hydroxyl groups is 1. The first-order valence-corrected chi connectivity index (χ1v) is 11.2. The van der Waals surface area contributed by atoms with E-state index in [1.807, 2.05) is 19.1 Å². The van der Waals surface area contributed by atoms with E-state index in [0.717, 1.165) is 5.56 Å². The van der Waals surface area contributed by atoms with Crippen LogP contribution in [0.3, 0.4) is 0 Å². The van der Waals surface area contributed by atoms with Gasteiger partial charge in [0.1, 0.15) is 5.75 Å². The summed E-state index contributed by atoms with van der Waals surface area (Å²) >= 11 is 0. The predicted molar refractivity (Wildman–Crippen MR) is 123 cm³/mol. The van der Waals surface area contributed by atoms with Gasteiger partial charge in [-0.3, -0.25) is 9.59 Å². The molecule has 0 fully saturated rings. The molecular weight excluding hydrogens is 440 g/mol. The number of hydrogen-bond acceptors (Lipinski definition) is 7. The van der Waals surface area contributed by atoms with Crippen molar-refractivity contribution < 1.29 is 33.6 Å². The number of ether oxygens (including phenoxy) is 4. The van der Waals surface area contributed by atoms with E-state index >= 15 is 0 Å². The van der Waals surface area contributed by atoms with E-state index in [4.69, 9.17) is 18.9 Å². The maximum atomic E-state index is 13.3. The first-order valence-electron chi connectivity index (χ1n) is 11.2. The number of nitrogens with one attached hydrogen (secondary N) is 1. The van der Waals surface area contributed by atoms with Crippen LogP contribution in [-0.4, -0.2) is 55.5 Å². The Morgan fingerprint density at radius 2 is 2.00 bits per heavy atom. The predicted octanol–water partition coefficient (Wildman–Crippen LogP) is 2.86. The molecule has 0 saturated heterocycles. The zero-order chi connectivity index (χ0) is 24.1. The second-order valence-electron chi connectivity index (χ2n) is 7.83. The molecule has 0 aromatic heterocycles. The molecule has 0 spiro atoms. The van der Waals surface area contributed by atoms with Crippen LogP contribution >= 0.6 is 0 Å². The summed E-state index contributed by atoms with van der Waals surface area (Å²) in [7, 11) is 1.58. The lowest BCUT2D eigenvalue weighted by atomic mass is 9.97. The first-order chi connectivity index (χ1) is 16.5. The summed E-state index contributed by atoms with van der Waals surface area (Å²) < 4.78 is 21.7. The molecule has 2 aliphatic rings. The molecule has 0 bridgehead atoms. The van der Waals surface area contributed by atoms with Crippen LogP contribution in [0.25, 0.3) is 0 Å². The first kappa shape index (κ1) is 23.4. The number of para-hydroxylation sites is 1. The number of aliphatic hydroxyl groups excluding tert-OH is 1. The van der Waals surface area contributed by atoms with E-state index in [9.17, 15) is 14.7 Å². The van der Waals surface area contributed by atoms with Crippen LogP contribution in [-0.2, 0) is 20.9 Å². The quantitative estimate of drug-likeness (QED) is 0.517. The van der Waals surface area contributed by atoms with Crippen molar-refractivity contribution in [2.75, 3.05) is 33.7 Å². The van der Waals surface area contributed by atoms with E-state index in [2.05, 4.69) is 5.32 Å². The van der Waals surface area contributed by atoms with Gasteiger partial charge in [-0.15, -0.1) is 0 Å². The highest BCUT2D eigenvalue weighted by Crippen LogP contribution is 2.46. The third kappa shape index (κ3) is 4.65. The molecule has 9 nitrogen and oxygen atoms in total. The largest absolute Gasteiger partial charge is 0.503 e. The van der Waals surface area contributed by atoms with Crippen molar-refractivity contribution in [1.82, 2.24) is 10.2 Å². The molecular formula is C25H28N2O7. The molecule has 0 radical (unpaired) electrons. The molecule has 1 unspecified atom stereocenters. The van der Waals surface area contributed by atoms with Crippen molar-refractivity contribution in [2.45, 2.75) is 25.9 Å². The molecule has 2 amide bonds. The van der Waals surface area contributed by atoms with Gasteiger partial charge in [0, 0.05) is 31.9 Å². The minimum absolute atomic E-state index is 0.0150. The normalized spacial score (nSPS) is 16.8. The van der Waals surface area contributed by atoms with Crippen LogP contribution in [0.5, 0.6) is 17.2 Å². The Bertz CT molecular complexity index is 1080. The average Bonchev–Trinajstić information content (AvgIpc) is 3.44. The number of fused-ring (bicyclic) bond motifs is 1. The lowest BCUT2D eigenvalue weighted by molar-refractivity contribution is -0.129. The van der Waals surface area contributed by atoms with Crippen LogP contribution in [0.15, 0.2) is 53.8 Å². The molecule has 180 valence electrons. The maximum absolute atomic E-state index is 13.3. The standard InChI is InChI=1S/C25H28N2O7/c1-3-32-13-5-12-27-21(18-6-4-7-19-23(18)34-15-33-19)20(22(28)25(27)30)24(29)26-14-16-8-10-17(31-2)11-9-16/h4,6-11,21,28H,3,5,12-15H2,1-2H3,(H,26,29). The molecule has 2 aromatic rings. The Labute approximate surface area is 197 Å². The fraction of sp³-hybridized carbons (Fsp3) is 0.360. The van der Waals surface area contributed by atoms with Crippen LogP contribution in [0.1, 0.15) is 30.5 Å². The van der Waals surface area contributed by atoms with E-state index < -0.39 is 23.6 Å². The molecule has 0 saturated carbocycles. The van der Waals surface area contributed by atoms with Crippen LogP contribution in [0, 0.1) is 0 Å². The van der Waals surface area contributed by atoms with Gasteiger partial charge >= 0.3 is 0 Å². The number of carbonyl (C=O) groups excluding carboxylic acids is 2. The maximum Gasteiger partial charge on any atom is 0.290 e. The highest BCUT2D eigenvalue weighted by Gasteiger charge is 2.45. The van der Waals surface area contributed by atoms with Crippen molar-refractivity contribution in [3.8, 4) is 17.2 Å². The molecule has 34 heavy (non-hydrogen) atoms. The highest BCUT2D eigenvalue weighted by molar-refractivity contribution is 6.08. The number of nitrogens with zero attached hydrogens (tertiary/aromatic N) is 1. The Hall–Kier alpha value is -3.72. The zero-order valence-electron chi connectivity index (χ0n) is 19.2. The van der Waals surface area contributed by atoms with Gasteiger partial charge in [-0.2, -0.15) is 0 Å². The van der Waals surface area contributed by atoms with Gasteiger partial charge in [-0.05, 0) is 37.1 Å². The lowest BCUT2D eigenvalue weighted by Crippen LogP contribution is -2.34.